The Morgan fingerprint density at radius 3 is 2.96 bits per heavy atom. The summed E-state index contributed by atoms with van der Waals surface area (Å²) in [4.78, 5) is 0. The molecule has 7 heteroatoms. The molecule has 0 bridgehead atoms. The monoisotopic (exact) mass is 350 g/mol. The Balaban J connectivity index is 1.54. The van der Waals surface area contributed by atoms with Crippen molar-refractivity contribution in [2.75, 3.05) is 18.5 Å². The van der Waals surface area contributed by atoms with Gasteiger partial charge in [0.15, 0.2) is 10.9 Å². The molecule has 0 amide bonds. The van der Waals surface area contributed by atoms with Gasteiger partial charge in [0.2, 0.25) is 0 Å². The smallest absolute Gasteiger partial charge is 0.173 e. The van der Waals surface area contributed by atoms with Gasteiger partial charge >= 0.3 is 0 Å². The first-order valence-electron chi connectivity index (χ1n) is 7.64. The lowest BCUT2D eigenvalue weighted by atomic mass is 10.2. The van der Waals surface area contributed by atoms with Crippen molar-refractivity contribution in [3.63, 3.8) is 0 Å². The molecule has 1 unspecified atom stereocenters. The minimum Gasteiger partial charge on any atom is -0.376 e. The van der Waals surface area contributed by atoms with Crippen LogP contribution in [0.25, 0.3) is 0 Å². The molecule has 1 fully saturated rings. The normalized spacial score (nSPS) is 17.2. The van der Waals surface area contributed by atoms with Crippen molar-refractivity contribution in [3.8, 4) is 0 Å². The van der Waals surface area contributed by atoms with Crippen LogP contribution >= 0.6 is 23.8 Å². The molecule has 0 saturated carbocycles. The van der Waals surface area contributed by atoms with Gasteiger partial charge in [-0.3, -0.25) is 4.68 Å². The second-order valence-electron chi connectivity index (χ2n) is 5.48. The molecule has 1 aliphatic heterocycles. The number of aromatic nitrogens is 2. The summed E-state index contributed by atoms with van der Waals surface area (Å²) in [7, 11) is 0. The minimum absolute atomic E-state index is 0.237. The standard InChI is InChI=1S/C16H19ClN4OS/c17-14-11-21(10-12-5-2-1-3-6-12)20-15(14)19-16(23)18-9-13-7-4-8-22-13/h1-3,5-6,11,13H,4,7-10H2,(H2,18,19,20,23). The van der Waals surface area contributed by atoms with E-state index in [9.17, 15) is 0 Å². The molecule has 1 saturated heterocycles. The number of nitrogens with zero attached hydrogens (tertiary/aromatic N) is 2. The number of anilines is 1. The fourth-order valence-electron chi connectivity index (χ4n) is 2.50. The molecule has 2 N–H and O–H groups in total. The third kappa shape index (κ3) is 4.67. The molecule has 1 aromatic carbocycles. The van der Waals surface area contributed by atoms with Gasteiger partial charge in [0.1, 0.15) is 5.02 Å². The van der Waals surface area contributed by atoms with E-state index in [1.807, 2.05) is 18.2 Å². The predicted octanol–water partition coefficient (Wildman–Crippen LogP) is 3.05. The lowest BCUT2D eigenvalue weighted by Crippen LogP contribution is -2.35. The molecule has 122 valence electrons. The number of thiocarbonyl (C=S) groups is 1. The van der Waals surface area contributed by atoms with E-state index in [-0.39, 0.29) is 6.10 Å². The summed E-state index contributed by atoms with van der Waals surface area (Å²) in [5.74, 6) is 0.562. The summed E-state index contributed by atoms with van der Waals surface area (Å²) >= 11 is 11.5. The van der Waals surface area contributed by atoms with E-state index in [4.69, 9.17) is 28.6 Å². The minimum atomic E-state index is 0.237. The van der Waals surface area contributed by atoms with Gasteiger partial charge in [-0.15, -0.1) is 0 Å². The van der Waals surface area contributed by atoms with Crippen LogP contribution in [0, 0.1) is 0 Å². The number of ether oxygens (including phenoxy) is 1. The lowest BCUT2D eigenvalue weighted by molar-refractivity contribution is 0.114. The second kappa shape index (κ2) is 7.77. The SMILES string of the molecule is S=C(NCC1CCCO1)Nc1nn(Cc2ccccc2)cc1Cl. The Labute approximate surface area is 146 Å². The van der Waals surface area contributed by atoms with Crippen LogP contribution in [0.5, 0.6) is 0 Å². The van der Waals surface area contributed by atoms with Crippen LogP contribution in [-0.4, -0.2) is 34.1 Å². The Bertz CT molecular complexity index is 655. The maximum atomic E-state index is 6.22. The van der Waals surface area contributed by atoms with E-state index < -0.39 is 0 Å². The van der Waals surface area contributed by atoms with Gasteiger partial charge in [0.05, 0.1) is 12.6 Å². The Morgan fingerprint density at radius 2 is 2.22 bits per heavy atom. The van der Waals surface area contributed by atoms with E-state index in [0.717, 1.165) is 25.0 Å². The molecule has 1 aliphatic rings. The summed E-state index contributed by atoms with van der Waals surface area (Å²) in [6, 6.07) is 10.1. The average molecular weight is 351 g/mol. The number of benzene rings is 1. The van der Waals surface area contributed by atoms with Gasteiger partial charge in [-0.25, -0.2) is 0 Å². The molecular weight excluding hydrogens is 332 g/mol. The van der Waals surface area contributed by atoms with E-state index in [1.165, 1.54) is 0 Å². The maximum absolute atomic E-state index is 6.22. The first-order chi connectivity index (χ1) is 11.2. The van der Waals surface area contributed by atoms with Crippen molar-refractivity contribution in [2.45, 2.75) is 25.5 Å². The average Bonchev–Trinajstić information content (AvgIpc) is 3.17. The molecule has 23 heavy (non-hydrogen) atoms. The summed E-state index contributed by atoms with van der Waals surface area (Å²) < 4.78 is 7.35. The number of halogens is 1. The summed E-state index contributed by atoms with van der Waals surface area (Å²) in [5.41, 5.74) is 1.16. The highest BCUT2D eigenvalue weighted by Crippen LogP contribution is 2.20. The van der Waals surface area contributed by atoms with Crippen LogP contribution in [0.15, 0.2) is 36.5 Å². The highest BCUT2D eigenvalue weighted by molar-refractivity contribution is 7.80. The molecule has 5 nitrogen and oxygen atoms in total. The van der Waals surface area contributed by atoms with Crippen LogP contribution in [0.4, 0.5) is 5.82 Å². The summed E-state index contributed by atoms with van der Waals surface area (Å²) in [5, 5.41) is 11.7. The fourth-order valence-corrected chi connectivity index (χ4v) is 2.87. The van der Waals surface area contributed by atoms with Crippen molar-refractivity contribution in [1.82, 2.24) is 15.1 Å². The molecule has 0 radical (unpaired) electrons. The summed E-state index contributed by atoms with van der Waals surface area (Å²) in [6.07, 6.45) is 4.21. The number of hydrogen-bond acceptors (Lipinski definition) is 3. The highest BCUT2D eigenvalue weighted by atomic mass is 35.5. The molecule has 0 spiro atoms. The lowest BCUT2D eigenvalue weighted by Gasteiger charge is -2.13. The van der Waals surface area contributed by atoms with Crippen molar-refractivity contribution in [3.05, 3.63) is 47.1 Å². The topological polar surface area (TPSA) is 51.1 Å². The largest absolute Gasteiger partial charge is 0.376 e. The van der Waals surface area contributed by atoms with E-state index in [0.29, 0.717) is 29.0 Å². The van der Waals surface area contributed by atoms with E-state index in [2.05, 4.69) is 27.9 Å². The first kappa shape index (κ1) is 16.2. The van der Waals surface area contributed by atoms with Gasteiger partial charge in [-0.05, 0) is 30.6 Å². The van der Waals surface area contributed by atoms with E-state index >= 15 is 0 Å². The van der Waals surface area contributed by atoms with Crippen LogP contribution in [0.3, 0.4) is 0 Å². The molecule has 0 aliphatic carbocycles. The third-order valence-corrected chi connectivity index (χ3v) is 4.17. The third-order valence-electron chi connectivity index (χ3n) is 3.65. The Hall–Kier alpha value is -1.63. The number of nitrogens with one attached hydrogen (secondary N) is 2. The van der Waals surface area contributed by atoms with E-state index in [1.54, 1.807) is 10.9 Å². The van der Waals surface area contributed by atoms with Crippen molar-refractivity contribution < 1.29 is 4.74 Å². The maximum Gasteiger partial charge on any atom is 0.173 e. The molecule has 3 rings (SSSR count). The zero-order valence-electron chi connectivity index (χ0n) is 12.7. The highest BCUT2D eigenvalue weighted by Gasteiger charge is 2.16. The van der Waals surface area contributed by atoms with Gasteiger partial charge in [0.25, 0.3) is 0 Å². The van der Waals surface area contributed by atoms with Gasteiger partial charge < -0.3 is 15.4 Å². The van der Waals surface area contributed by atoms with Crippen LogP contribution in [0.1, 0.15) is 18.4 Å². The van der Waals surface area contributed by atoms with Gasteiger partial charge in [0, 0.05) is 19.3 Å². The summed E-state index contributed by atoms with van der Waals surface area (Å²) in [6.45, 7) is 2.20. The van der Waals surface area contributed by atoms with Crippen molar-refractivity contribution in [2.24, 2.45) is 0 Å². The van der Waals surface area contributed by atoms with Gasteiger partial charge in [-0.1, -0.05) is 41.9 Å². The molecule has 2 aromatic rings. The van der Waals surface area contributed by atoms with Crippen LogP contribution < -0.4 is 10.6 Å². The molecule has 2 heterocycles. The quantitative estimate of drug-likeness (QED) is 0.812. The Kier molecular flexibility index (Phi) is 5.48. The predicted molar refractivity (Wildman–Crippen MR) is 96.0 cm³/mol. The van der Waals surface area contributed by atoms with Crippen molar-refractivity contribution in [1.29, 1.82) is 0 Å². The van der Waals surface area contributed by atoms with Crippen molar-refractivity contribution >= 4 is 34.7 Å². The van der Waals surface area contributed by atoms with Crippen LogP contribution in [-0.2, 0) is 11.3 Å². The zero-order chi connectivity index (χ0) is 16.1. The first-order valence-corrected chi connectivity index (χ1v) is 8.42. The van der Waals surface area contributed by atoms with Gasteiger partial charge in [-0.2, -0.15) is 5.10 Å². The van der Waals surface area contributed by atoms with Crippen LogP contribution in [0.2, 0.25) is 5.02 Å². The molecular formula is C16H19ClN4OS. The number of hydrogen-bond donors (Lipinski definition) is 2. The second-order valence-corrected chi connectivity index (χ2v) is 6.29. The fraction of sp³-hybridized carbons (Fsp3) is 0.375. The molecule has 1 atom stereocenters. The number of rotatable bonds is 5. The zero-order valence-corrected chi connectivity index (χ0v) is 14.2. The Morgan fingerprint density at radius 1 is 1.39 bits per heavy atom. The molecule has 1 aromatic heterocycles.